The summed E-state index contributed by atoms with van der Waals surface area (Å²) in [6.07, 6.45) is 5.89. The van der Waals surface area contributed by atoms with Gasteiger partial charge in [-0.3, -0.25) is 0 Å². The zero-order valence-corrected chi connectivity index (χ0v) is 6.33. The molecule has 1 unspecified atom stereocenters. The van der Waals surface area contributed by atoms with Gasteiger partial charge in [0.05, 0.1) is 18.7 Å². The van der Waals surface area contributed by atoms with Crippen molar-refractivity contribution in [2.75, 3.05) is 5.32 Å². The standard InChI is InChI=1S/C7H12N4/c8-6-2-1-3-11-5-9-4-7(11)10-6/h4-6,10H,1-3,8H2. The van der Waals surface area contributed by atoms with Crippen LogP contribution < -0.4 is 11.1 Å². The highest BCUT2D eigenvalue weighted by molar-refractivity contribution is 5.34. The Morgan fingerprint density at radius 1 is 1.73 bits per heavy atom. The molecule has 0 fully saturated rings. The van der Waals surface area contributed by atoms with Gasteiger partial charge in [0.1, 0.15) is 5.82 Å². The summed E-state index contributed by atoms with van der Waals surface area (Å²) in [4.78, 5) is 4.02. The Morgan fingerprint density at radius 2 is 2.64 bits per heavy atom. The first-order valence-corrected chi connectivity index (χ1v) is 3.88. The molecule has 11 heavy (non-hydrogen) atoms. The van der Waals surface area contributed by atoms with Crippen molar-refractivity contribution in [1.29, 1.82) is 0 Å². The highest BCUT2D eigenvalue weighted by Crippen LogP contribution is 2.13. The Kier molecular flexibility index (Phi) is 1.54. The monoisotopic (exact) mass is 152 g/mol. The molecule has 1 aliphatic heterocycles. The maximum Gasteiger partial charge on any atom is 0.127 e. The Hall–Kier alpha value is -1.03. The average molecular weight is 152 g/mol. The summed E-state index contributed by atoms with van der Waals surface area (Å²) >= 11 is 0. The van der Waals surface area contributed by atoms with Gasteiger partial charge >= 0.3 is 0 Å². The van der Waals surface area contributed by atoms with Crippen LogP contribution in [0.4, 0.5) is 5.82 Å². The van der Waals surface area contributed by atoms with E-state index in [0.717, 1.165) is 25.2 Å². The number of hydrogen-bond acceptors (Lipinski definition) is 3. The first-order valence-electron chi connectivity index (χ1n) is 3.88. The van der Waals surface area contributed by atoms with Crippen molar-refractivity contribution in [2.45, 2.75) is 25.6 Å². The number of aromatic nitrogens is 2. The van der Waals surface area contributed by atoms with Crippen molar-refractivity contribution < 1.29 is 0 Å². The molecule has 4 nitrogen and oxygen atoms in total. The molecule has 60 valence electrons. The molecule has 0 amide bonds. The second-order valence-corrected chi connectivity index (χ2v) is 2.87. The molecule has 1 atom stereocenters. The number of rotatable bonds is 0. The van der Waals surface area contributed by atoms with Crippen molar-refractivity contribution >= 4 is 5.82 Å². The SMILES string of the molecule is NC1CCCn2cncc2N1. The molecule has 1 aliphatic rings. The van der Waals surface area contributed by atoms with Crippen LogP contribution in [0.1, 0.15) is 12.8 Å². The molecule has 4 heteroatoms. The van der Waals surface area contributed by atoms with Gasteiger partial charge in [-0.2, -0.15) is 0 Å². The summed E-state index contributed by atoms with van der Waals surface area (Å²) in [5.74, 6) is 1.04. The minimum atomic E-state index is 0.0907. The smallest absolute Gasteiger partial charge is 0.127 e. The van der Waals surface area contributed by atoms with Gasteiger partial charge in [-0.1, -0.05) is 0 Å². The third kappa shape index (κ3) is 1.21. The van der Waals surface area contributed by atoms with Crippen LogP contribution in [0.15, 0.2) is 12.5 Å². The molecule has 0 radical (unpaired) electrons. The Labute approximate surface area is 65.4 Å². The van der Waals surface area contributed by atoms with E-state index in [1.54, 1.807) is 0 Å². The molecule has 2 rings (SSSR count). The largest absolute Gasteiger partial charge is 0.355 e. The minimum Gasteiger partial charge on any atom is -0.355 e. The van der Waals surface area contributed by atoms with E-state index in [9.17, 15) is 0 Å². The first kappa shape index (κ1) is 6.67. The lowest BCUT2D eigenvalue weighted by Gasteiger charge is -2.09. The minimum absolute atomic E-state index is 0.0907. The summed E-state index contributed by atoms with van der Waals surface area (Å²) in [6.45, 7) is 1.02. The lowest BCUT2D eigenvalue weighted by atomic mass is 10.3. The summed E-state index contributed by atoms with van der Waals surface area (Å²) in [5, 5.41) is 3.18. The Bertz CT molecular complexity index is 242. The van der Waals surface area contributed by atoms with E-state index in [4.69, 9.17) is 5.73 Å². The fraction of sp³-hybridized carbons (Fsp3) is 0.571. The molecular weight excluding hydrogens is 140 g/mol. The number of anilines is 1. The number of imidazole rings is 1. The van der Waals surface area contributed by atoms with Gasteiger partial charge in [0.25, 0.3) is 0 Å². The molecule has 2 heterocycles. The normalized spacial score (nSPS) is 23.5. The topological polar surface area (TPSA) is 55.9 Å². The lowest BCUT2D eigenvalue weighted by molar-refractivity contribution is 0.602. The zero-order valence-electron chi connectivity index (χ0n) is 6.33. The number of nitrogens with one attached hydrogen (secondary N) is 1. The molecule has 3 N–H and O–H groups in total. The molecule has 1 aromatic heterocycles. The van der Waals surface area contributed by atoms with Crippen LogP contribution in [0.3, 0.4) is 0 Å². The van der Waals surface area contributed by atoms with E-state index in [1.165, 1.54) is 0 Å². The van der Waals surface area contributed by atoms with Crippen molar-refractivity contribution in [3.8, 4) is 0 Å². The molecule has 0 aromatic carbocycles. The number of fused-ring (bicyclic) bond motifs is 1. The van der Waals surface area contributed by atoms with Crippen molar-refractivity contribution in [2.24, 2.45) is 5.73 Å². The van der Waals surface area contributed by atoms with Crippen LogP contribution in [0, 0.1) is 0 Å². The van der Waals surface area contributed by atoms with Crippen LogP contribution in [0.25, 0.3) is 0 Å². The summed E-state index contributed by atoms with van der Waals surface area (Å²) in [5.41, 5.74) is 5.76. The van der Waals surface area contributed by atoms with Crippen molar-refractivity contribution in [3.63, 3.8) is 0 Å². The van der Waals surface area contributed by atoms with Gasteiger partial charge in [0.2, 0.25) is 0 Å². The highest BCUT2D eigenvalue weighted by Gasteiger charge is 2.10. The van der Waals surface area contributed by atoms with Crippen LogP contribution in [-0.2, 0) is 6.54 Å². The zero-order chi connectivity index (χ0) is 7.68. The number of aryl methyl sites for hydroxylation is 1. The predicted octanol–water partition coefficient (Wildman–Crippen LogP) is 0.374. The van der Waals surface area contributed by atoms with Gasteiger partial charge in [-0.05, 0) is 12.8 Å². The number of hydrogen-bond donors (Lipinski definition) is 2. The van der Waals surface area contributed by atoms with E-state index in [2.05, 4.69) is 14.9 Å². The molecule has 0 bridgehead atoms. The van der Waals surface area contributed by atoms with E-state index < -0.39 is 0 Å². The maximum atomic E-state index is 5.76. The second-order valence-electron chi connectivity index (χ2n) is 2.87. The fourth-order valence-corrected chi connectivity index (χ4v) is 1.36. The van der Waals surface area contributed by atoms with E-state index in [-0.39, 0.29) is 6.17 Å². The summed E-state index contributed by atoms with van der Waals surface area (Å²) in [6, 6.07) is 0. The van der Waals surface area contributed by atoms with Crippen LogP contribution >= 0.6 is 0 Å². The van der Waals surface area contributed by atoms with E-state index in [1.807, 2.05) is 12.5 Å². The predicted molar refractivity (Wildman–Crippen MR) is 43.1 cm³/mol. The lowest BCUT2D eigenvalue weighted by Crippen LogP contribution is -2.28. The third-order valence-corrected chi connectivity index (χ3v) is 1.96. The molecule has 0 saturated carbocycles. The van der Waals surface area contributed by atoms with Gasteiger partial charge in [0.15, 0.2) is 0 Å². The van der Waals surface area contributed by atoms with Gasteiger partial charge in [-0.15, -0.1) is 0 Å². The fourth-order valence-electron chi connectivity index (χ4n) is 1.36. The van der Waals surface area contributed by atoms with Crippen LogP contribution in [0.2, 0.25) is 0 Å². The van der Waals surface area contributed by atoms with Gasteiger partial charge in [-0.25, -0.2) is 4.98 Å². The molecule has 0 spiro atoms. The second kappa shape index (κ2) is 2.54. The van der Waals surface area contributed by atoms with Crippen LogP contribution in [-0.4, -0.2) is 15.7 Å². The summed E-state index contributed by atoms with van der Waals surface area (Å²) < 4.78 is 2.09. The molecule has 1 aromatic rings. The number of nitrogens with two attached hydrogens (primary N) is 1. The number of nitrogens with zero attached hydrogens (tertiary/aromatic N) is 2. The third-order valence-electron chi connectivity index (χ3n) is 1.96. The Morgan fingerprint density at radius 3 is 3.55 bits per heavy atom. The van der Waals surface area contributed by atoms with Gasteiger partial charge in [0, 0.05) is 6.54 Å². The van der Waals surface area contributed by atoms with Crippen molar-refractivity contribution in [1.82, 2.24) is 9.55 Å². The van der Waals surface area contributed by atoms with E-state index in [0.29, 0.717) is 0 Å². The highest BCUT2D eigenvalue weighted by atomic mass is 15.2. The molecule has 0 saturated heterocycles. The van der Waals surface area contributed by atoms with E-state index >= 15 is 0 Å². The average Bonchev–Trinajstić information content (AvgIpc) is 2.31. The van der Waals surface area contributed by atoms with Gasteiger partial charge < -0.3 is 15.6 Å². The molecule has 0 aliphatic carbocycles. The first-order chi connectivity index (χ1) is 5.36. The maximum absolute atomic E-state index is 5.76. The molecular formula is C7H12N4. The quantitative estimate of drug-likeness (QED) is 0.565. The van der Waals surface area contributed by atoms with Crippen LogP contribution in [0.5, 0.6) is 0 Å². The summed E-state index contributed by atoms with van der Waals surface area (Å²) in [7, 11) is 0. The van der Waals surface area contributed by atoms with Crippen molar-refractivity contribution in [3.05, 3.63) is 12.5 Å². The Balaban J connectivity index is 2.26.